The van der Waals surface area contributed by atoms with E-state index in [-0.39, 0.29) is 33.5 Å². The van der Waals surface area contributed by atoms with Gasteiger partial charge in [-0.25, -0.2) is 13.6 Å². The van der Waals surface area contributed by atoms with Gasteiger partial charge in [-0.15, -0.1) is 0 Å². The lowest BCUT2D eigenvalue weighted by Gasteiger charge is -2.45. The fraction of sp³-hybridized carbons (Fsp3) is 0.171. The van der Waals surface area contributed by atoms with Gasteiger partial charge in [0.1, 0.15) is 17.6 Å². The first-order chi connectivity index (χ1) is 22.5. The van der Waals surface area contributed by atoms with Crippen molar-refractivity contribution in [2.75, 3.05) is 9.80 Å². The maximum atomic E-state index is 15.1. The molecule has 2 atom stereocenters. The minimum atomic E-state index is -1.92. The van der Waals surface area contributed by atoms with Gasteiger partial charge >= 0.3 is 6.09 Å². The second-order valence-electron chi connectivity index (χ2n) is 11.5. The lowest BCUT2D eigenvalue weighted by molar-refractivity contribution is -0.136. The molecule has 0 fully saturated rings. The number of benzene rings is 4. The Morgan fingerprint density at radius 1 is 0.872 bits per heavy atom. The lowest BCUT2D eigenvalue weighted by Crippen LogP contribution is -2.62. The minimum Gasteiger partial charge on any atom is -0.463 e. The zero-order valence-electron chi connectivity index (χ0n) is 25.3. The molecule has 2 heterocycles. The van der Waals surface area contributed by atoms with Crippen LogP contribution in [-0.4, -0.2) is 38.7 Å². The van der Waals surface area contributed by atoms with Gasteiger partial charge in [0.15, 0.2) is 5.54 Å². The van der Waals surface area contributed by atoms with Crippen molar-refractivity contribution in [1.82, 2.24) is 9.78 Å². The highest BCUT2D eigenvalue weighted by atomic mass is 19.1. The molecule has 47 heavy (non-hydrogen) atoms. The number of amides is 3. The van der Waals surface area contributed by atoms with Crippen molar-refractivity contribution in [1.29, 1.82) is 0 Å². The van der Waals surface area contributed by atoms with Crippen molar-refractivity contribution in [2.45, 2.75) is 25.8 Å². The summed E-state index contributed by atoms with van der Waals surface area (Å²) in [4.78, 5) is 58.3. The Kier molecular flexibility index (Phi) is 7.80. The standard InChI is InChI=1S/C35H29F2N5O5/c1-20(2)35(33(38)45,21-12-14-22(36)15-13-21)41-29-11-7-6-10-28(29)40(24-8-4-3-5-9-24)31(43)26(32(41)44)19-27-25-17-16-23(37)18-30(25)42(39-27)34(46)47/h3-18,20,26H,19H2,1-2H3,(H2,38,45)(H,46,47). The second-order valence-corrected chi connectivity index (χ2v) is 11.5. The Balaban J connectivity index is 1.65. The Hall–Kier alpha value is -5.91. The molecule has 238 valence electrons. The van der Waals surface area contributed by atoms with E-state index in [1.54, 1.807) is 68.4 Å². The summed E-state index contributed by atoms with van der Waals surface area (Å²) in [6, 6.07) is 23.7. The lowest BCUT2D eigenvalue weighted by atomic mass is 9.76. The van der Waals surface area contributed by atoms with Gasteiger partial charge in [0.2, 0.25) is 17.7 Å². The number of nitrogens with zero attached hydrogens (tertiary/aromatic N) is 4. The van der Waals surface area contributed by atoms with Crippen molar-refractivity contribution < 1.29 is 33.1 Å². The van der Waals surface area contributed by atoms with Gasteiger partial charge < -0.3 is 10.8 Å². The molecule has 3 amide bonds. The Bertz CT molecular complexity index is 2050. The zero-order chi connectivity index (χ0) is 33.6. The molecule has 12 heteroatoms. The molecule has 1 aromatic heterocycles. The number of carbonyl (C=O) groups excluding carboxylic acids is 3. The summed E-state index contributed by atoms with van der Waals surface area (Å²) >= 11 is 0. The van der Waals surface area contributed by atoms with Gasteiger partial charge in [-0.1, -0.05) is 56.3 Å². The van der Waals surface area contributed by atoms with Crippen LogP contribution < -0.4 is 15.5 Å². The predicted octanol–water partition coefficient (Wildman–Crippen LogP) is 5.75. The van der Waals surface area contributed by atoms with Crippen LogP contribution in [0.25, 0.3) is 10.9 Å². The molecule has 3 N–H and O–H groups in total. The highest BCUT2D eigenvalue weighted by molar-refractivity contribution is 6.22. The first-order valence-corrected chi connectivity index (χ1v) is 14.7. The molecule has 1 aliphatic rings. The van der Waals surface area contributed by atoms with Crippen LogP contribution in [-0.2, 0) is 26.3 Å². The third-order valence-corrected chi connectivity index (χ3v) is 8.56. The molecule has 0 spiro atoms. The van der Waals surface area contributed by atoms with E-state index in [0.717, 1.165) is 24.3 Å². The summed E-state index contributed by atoms with van der Waals surface area (Å²) < 4.78 is 29.0. The third-order valence-electron chi connectivity index (χ3n) is 8.56. The number of carboxylic acid groups (broad SMARTS) is 1. The van der Waals surface area contributed by atoms with Crippen LogP contribution in [0.5, 0.6) is 0 Å². The number of para-hydroxylation sites is 3. The molecule has 5 aromatic rings. The Morgan fingerprint density at radius 2 is 1.49 bits per heavy atom. The number of primary amides is 1. The number of rotatable bonds is 7. The first kappa shape index (κ1) is 31.1. The Morgan fingerprint density at radius 3 is 2.11 bits per heavy atom. The summed E-state index contributed by atoms with van der Waals surface area (Å²) in [7, 11) is 0. The van der Waals surface area contributed by atoms with Gasteiger partial charge in [0.05, 0.1) is 22.6 Å². The molecule has 0 radical (unpaired) electrons. The molecular formula is C35H29F2N5O5. The smallest absolute Gasteiger partial charge is 0.432 e. The second kappa shape index (κ2) is 11.8. The van der Waals surface area contributed by atoms with Crippen LogP contribution in [0.2, 0.25) is 0 Å². The minimum absolute atomic E-state index is 0.0454. The van der Waals surface area contributed by atoms with E-state index in [1.165, 1.54) is 28.0 Å². The van der Waals surface area contributed by atoms with Crippen LogP contribution in [0.1, 0.15) is 25.1 Å². The van der Waals surface area contributed by atoms with E-state index in [2.05, 4.69) is 5.10 Å². The number of hydrogen-bond donors (Lipinski definition) is 2. The van der Waals surface area contributed by atoms with Crippen LogP contribution in [0.15, 0.2) is 97.1 Å². The third kappa shape index (κ3) is 4.98. The highest BCUT2D eigenvalue weighted by Crippen LogP contribution is 2.48. The number of nitrogens with two attached hydrogens (primary N) is 1. The quantitative estimate of drug-likeness (QED) is 0.218. The number of halogens is 2. The van der Waals surface area contributed by atoms with Gasteiger partial charge in [-0.3, -0.25) is 24.2 Å². The van der Waals surface area contributed by atoms with Gasteiger partial charge in [-0.05, 0) is 60.0 Å². The topological polar surface area (TPSA) is 139 Å². The first-order valence-electron chi connectivity index (χ1n) is 14.7. The SMILES string of the molecule is CC(C)C(C(N)=O)(c1ccc(F)cc1)N1C(=O)C(Cc2nn(C(=O)O)c3cc(F)ccc23)C(=O)N(c2ccccc2)c2ccccc21. The summed E-state index contributed by atoms with van der Waals surface area (Å²) in [6.07, 6.45) is -1.90. The normalized spacial score (nSPS) is 16.2. The van der Waals surface area contributed by atoms with Crippen molar-refractivity contribution >= 4 is 51.8 Å². The molecule has 0 aliphatic carbocycles. The summed E-state index contributed by atoms with van der Waals surface area (Å²) in [5.74, 6) is -5.97. The van der Waals surface area contributed by atoms with Gasteiger partial charge in [0.25, 0.3) is 0 Å². The average Bonchev–Trinajstić information content (AvgIpc) is 3.37. The van der Waals surface area contributed by atoms with Crippen molar-refractivity contribution in [3.63, 3.8) is 0 Å². The molecule has 0 saturated heterocycles. The fourth-order valence-corrected chi connectivity index (χ4v) is 6.48. The number of anilines is 3. The van der Waals surface area contributed by atoms with E-state index in [1.807, 2.05) is 0 Å². The predicted molar refractivity (Wildman–Crippen MR) is 170 cm³/mol. The van der Waals surface area contributed by atoms with Crippen LogP contribution >= 0.6 is 0 Å². The van der Waals surface area contributed by atoms with E-state index in [9.17, 15) is 28.3 Å². The summed E-state index contributed by atoms with van der Waals surface area (Å²) in [5, 5.41) is 14.2. The molecule has 6 rings (SSSR count). The Labute approximate surface area is 267 Å². The molecule has 10 nitrogen and oxygen atoms in total. The van der Waals surface area contributed by atoms with E-state index in [4.69, 9.17) is 5.73 Å². The number of aromatic nitrogens is 2. The fourth-order valence-electron chi connectivity index (χ4n) is 6.48. The van der Waals surface area contributed by atoms with Crippen LogP contribution in [0, 0.1) is 23.5 Å². The molecule has 1 aliphatic heterocycles. The van der Waals surface area contributed by atoms with Gasteiger partial charge in [0, 0.05) is 23.6 Å². The van der Waals surface area contributed by atoms with E-state index >= 15 is 4.79 Å². The largest absolute Gasteiger partial charge is 0.463 e. The monoisotopic (exact) mass is 637 g/mol. The van der Waals surface area contributed by atoms with Crippen LogP contribution in [0.4, 0.5) is 30.6 Å². The summed E-state index contributed by atoms with van der Waals surface area (Å²) in [6.45, 7) is 3.38. The highest BCUT2D eigenvalue weighted by Gasteiger charge is 2.55. The molecular weight excluding hydrogens is 608 g/mol. The maximum absolute atomic E-state index is 15.1. The summed E-state index contributed by atoms with van der Waals surface area (Å²) in [5.41, 5.74) is 5.37. The van der Waals surface area contributed by atoms with E-state index < -0.39 is 59.2 Å². The maximum Gasteiger partial charge on any atom is 0.432 e. The average molecular weight is 638 g/mol. The molecule has 2 unspecified atom stereocenters. The number of fused-ring (bicyclic) bond motifs is 2. The van der Waals surface area contributed by atoms with Gasteiger partial charge in [-0.2, -0.15) is 9.78 Å². The molecule has 0 saturated carbocycles. The number of carbonyl (C=O) groups is 4. The van der Waals surface area contributed by atoms with Crippen molar-refractivity contribution in [2.24, 2.45) is 17.6 Å². The van der Waals surface area contributed by atoms with Crippen molar-refractivity contribution in [3.8, 4) is 0 Å². The number of hydrogen-bond acceptors (Lipinski definition) is 5. The van der Waals surface area contributed by atoms with E-state index in [0.29, 0.717) is 10.4 Å². The van der Waals surface area contributed by atoms with Crippen LogP contribution in [0.3, 0.4) is 0 Å². The molecule has 4 aromatic carbocycles. The van der Waals surface area contributed by atoms with Crippen molar-refractivity contribution in [3.05, 3.63) is 120 Å². The zero-order valence-corrected chi connectivity index (χ0v) is 25.3. The molecule has 0 bridgehead atoms.